The van der Waals surface area contributed by atoms with Gasteiger partial charge in [0.15, 0.2) is 0 Å². The maximum atomic E-state index is 13.2. The number of hydrogen-bond donors (Lipinski definition) is 1. The van der Waals surface area contributed by atoms with Crippen LogP contribution in [0.2, 0.25) is 0 Å². The second-order valence-corrected chi connectivity index (χ2v) is 11.3. The fraction of sp³-hybridized carbons (Fsp3) is 0.905. The van der Waals surface area contributed by atoms with Gasteiger partial charge in [0.1, 0.15) is 6.10 Å². The van der Waals surface area contributed by atoms with Crippen LogP contribution in [0, 0.1) is 0 Å². The van der Waals surface area contributed by atoms with Crippen molar-refractivity contribution in [1.29, 1.82) is 0 Å². The van der Waals surface area contributed by atoms with E-state index in [1.807, 2.05) is 6.92 Å². The molecule has 3 aliphatic rings. The van der Waals surface area contributed by atoms with Crippen LogP contribution in [0.4, 0.5) is 0 Å². The number of hydrogen-bond acceptors (Lipinski definition) is 6. The standard InChI is InChI=1S/C21H36N2O6S/c1-3-5-19(24)22-17-7-11-29-21(14-17)8-12-30(26,13-9-21)23-20(25)16(2)28-15-18-6-4-10-27-18/h16-18H,3-15H2,1-2H3,(H,22,24). The second kappa shape index (κ2) is 10.5. The highest BCUT2D eigenvalue weighted by molar-refractivity contribution is 7.93. The van der Waals surface area contributed by atoms with Crippen molar-refractivity contribution in [2.24, 2.45) is 4.36 Å². The predicted molar refractivity (Wildman–Crippen MR) is 114 cm³/mol. The zero-order valence-electron chi connectivity index (χ0n) is 18.2. The molecule has 3 unspecified atom stereocenters. The molecular formula is C21H36N2O6S. The number of ether oxygens (including phenoxy) is 3. The molecule has 1 N–H and O–H groups in total. The van der Waals surface area contributed by atoms with Gasteiger partial charge in [-0.05, 0) is 51.9 Å². The molecule has 0 aromatic heterocycles. The Bertz CT molecular complexity index is 713. The van der Waals surface area contributed by atoms with E-state index in [0.29, 0.717) is 44.0 Å². The zero-order chi connectivity index (χ0) is 21.6. The molecule has 3 atom stereocenters. The third-order valence-electron chi connectivity index (χ3n) is 6.25. The molecule has 3 rings (SSSR count). The molecule has 3 saturated heterocycles. The first-order chi connectivity index (χ1) is 14.3. The molecule has 9 heteroatoms. The molecule has 3 heterocycles. The molecule has 2 amide bonds. The summed E-state index contributed by atoms with van der Waals surface area (Å²) in [6.45, 7) is 5.33. The molecule has 0 radical (unpaired) electrons. The van der Waals surface area contributed by atoms with E-state index < -0.39 is 21.7 Å². The van der Waals surface area contributed by atoms with Crippen LogP contribution in [-0.4, -0.2) is 71.2 Å². The van der Waals surface area contributed by atoms with Crippen LogP contribution in [0.1, 0.15) is 65.2 Å². The van der Waals surface area contributed by atoms with Gasteiger partial charge in [-0.2, -0.15) is 4.36 Å². The van der Waals surface area contributed by atoms with Crippen molar-refractivity contribution in [2.75, 3.05) is 31.3 Å². The van der Waals surface area contributed by atoms with Crippen LogP contribution in [0.25, 0.3) is 0 Å². The highest BCUT2D eigenvalue weighted by Gasteiger charge is 2.42. The van der Waals surface area contributed by atoms with Crippen LogP contribution >= 0.6 is 0 Å². The van der Waals surface area contributed by atoms with E-state index in [2.05, 4.69) is 9.68 Å². The summed E-state index contributed by atoms with van der Waals surface area (Å²) < 4.78 is 34.4. The quantitative estimate of drug-likeness (QED) is 0.646. The smallest absolute Gasteiger partial charge is 0.282 e. The lowest BCUT2D eigenvalue weighted by molar-refractivity contribution is -0.130. The van der Waals surface area contributed by atoms with E-state index in [9.17, 15) is 13.8 Å². The lowest BCUT2D eigenvalue weighted by Crippen LogP contribution is -2.52. The van der Waals surface area contributed by atoms with Crippen LogP contribution in [-0.2, 0) is 33.5 Å². The van der Waals surface area contributed by atoms with Gasteiger partial charge in [-0.15, -0.1) is 0 Å². The average molecular weight is 445 g/mol. The van der Waals surface area contributed by atoms with Crippen molar-refractivity contribution in [2.45, 2.75) is 89.1 Å². The number of carbonyl (C=O) groups is 2. The Morgan fingerprint density at radius 3 is 2.70 bits per heavy atom. The summed E-state index contributed by atoms with van der Waals surface area (Å²) in [4.78, 5) is 24.4. The van der Waals surface area contributed by atoms with Gasteiger partial charge in [0.05, 0.1) is 28.0 Å². The summed E-state index contributed by atoms with van der Waals surface area (Å²) >= 11 is 0. The number of rotatable bonds is 7. The SMILES string of the molecule is CCCC(=O)NC1CCOC2(CCS(=O)(=NC(=O)C(C)OCC3CCCO3)CC2)C1. The molecule has 30 heavy (non-hydrogen) atoms. The van der Waals surface area contributed by atoms with Crippen molar-refractivity contribution < 1.29 is 28.0 Å². The molecule has 0 saturated carbocycles. The molecule has 8 nitrogen and oxygen atoms in total. The van der Waals surface area contributed by atoms with E-state index in [-0.39, 0.29) is 23.7 Å². The Labute approximate surface area is 180 Å². The van der Waals surface area contributed by atoms with E-state index in [4.69, 9.17) is 14.2 Å². The molecule has 0 aromatic carbocycles. The minimum absolute atomic E-state index is 0.0394. The van der Waals surface area contributed by atoms with Gasteiger partial charge in [0.25, 0.3) is 5.91 Å². The summed E-state index contributed by atoms with van der Waals surface area (Å²) in [5, 5.41) is 3.10. The maximum Gasteiger partial charge on any atom is 0.282 e. The van der Waals surface area contributed by atoms with Gasteiger partial charge >= 0.3 is 0 Å². The Hall–Kier alpha value is -1.03. The van der Waals surface area contributed by atoms with Crippen molar-refractivity contribution in [3.05, 3.63) is 0 Å². The molecule has 0 aliphatic carbocycles. The van der Waals surface area contributed by atoms with Gasteiger partial charge in [-0.1, -0.05) is 6.92 Å². The number of carbonyl (C=O) groups excluding carboxylic acids is 2. The number of nitrogens with zero attached hydrogens (tertiary/aromatic N) is 1. The lowest BCUT2D eigenvalue weighted by Gasteiger charge is -2.44. The molecule has 0 bridgehead atoms. The molecule has 1 spiro atoms. The summed E-state index contributed by atoms with van der Waals surface area (Å²) in [5.74, 6) is 0.305. The Kier molecular flexibility index (Phi) is 8.29. The Morgan fingerprint density at radius 2 is 2.03 bits per heavy atom. The van der Waals surface area contributed by atoms with E-state index in [1.54, 1.807) is 6.92 Å². The van der Waals surface area contributed by atoms with Gasteiger partial charge in [0.2, 0.25) is 5.91 Å². The minimum Gasteiger partial charge on any atom is -0.376 e. The second-order valence-electron chi connectivity index (χ2n) is 8.76. The largest absolute Gasteiger partial charge is 0.376 e. The molecule has 172 valence electrons. The van der Waals surface area contributed by atoms with Gasteiger partial charge in [-0.25, -0.2) is 4.21 Å². The first-order valence-corrected chi connectivity index (χ1v) is 13.1. The van der Waals surface area contributed by atoms with Crippen molar-refractivity contribution in [3.8, 4) is 0 Å². The average Bonchev–Trinajstić information content (AvgIpc) is 3.23. The van der Waals surface area contributed by atoms with Crippen LogP contribution in [0.15, 0.2) is 4.36 Å². The monoisotopic (exact) mass is 444 g/mol. The Morgan fingerprint density at radius 1 is 1.27 bits per heavy atom. The zero-order valence-corrected chi connectivity index (χ0v) is 19.0. The van der Waals surface area contributed by atoms with Crippen LogP contribution < -0.4 is 5.32 Å². The van der Waals surface area contributed by atoms with Gasteiger partial charge < -0.3 is 19.5 Å². The van der Waals surface area contributed by atoms with Gasteiger partial charge in [0, 0.05) is 37.2 Å². The highest BCUT2D eigenvalue weighted by Crippen LogP contribution is 2.36. The topological polar surface area (TPSA) is 103 Å². The van der Waals surface area contributed by atoms with Crippen molar-refractivity contribution in [1.82, 2.24) is 5.32 Å². The summed E-state index contributed by atoms with van der Waals surface area (Å²) in [5.41, 5.74) is -0.371. The van der Waals surface area contributed by atoms with Gasteiger partial charge in [-0.3, -0.25) is 9.59 Å². The summed E-state index contributed by atoms with van der Waals surface area (Å²) in [7, 11) is -2.60. The minimum atomic E-state index is -2.60. The molecular weight excluding hydrogens is 408 g/mol. The van der Waals surface area contributed by atoms with E-state index in [0.717, 1.165) is 38.7 Å². The number of amides is 2. The summed E-state index contributed by atoms with van der Waals surface area (Å²) in [6, 6.07) is 0.0942. The third-order valence-corrected chi connectivity index (χ3v) is 8.45. The first kappa shape index (κ1) is 23.6. The number of nitrogens with one attached hydrogen (secondary N) is 1. The van der Waals surface area contributed by atoms with Crippen LogP contribution in [0.5, 0.6) is 0 Å². The maximum absolute atomic E-state index is 13.2. The normalized spacial score (nSPS) is 35.1. The highest BCUT2D eigenvalue weighted by atomic mass is 32.2. The molecule has 0 aromatic rings. The fourth-order valence-electron chi connectivity index (χ4n) is 4.37. The third kappa shape index (κ3) is 6.48. The predicted octanol–water partition coefficient (Wildman–Crippen LogP) is 2.19. The van der Waals surface area contributed by atoms with E-state index >= 15 is 0 Å². The van der Waals surface area contributed by atoms with Crippen LogP contribution in [0.3, 0.4) is 0 Å². The van der Waals surface area contributed by atoms with Crippen molar-refractivity contribution in [3.63, 3.8) is 0 Å². The van der Waals surface area contributed by atoms with E-state index in [1.165, 1.54) is 0 Å². The molecule has 3 fully saturated rings. The fourth-order valence-corrected chi connectivity index (χ4v) is 6.62. The summed E-state index contributed by atoms with van der Waals surface area (Å²) in [6.07, 6.45) is 5.35. The van der Waals surface area contributed by atoms with Crippen molar-refractivity contribution >= 4 is 21.5 Å². The lowest BCUT2D eigenvalue weighted by atomic mass is 9.85. The first-order valence-electron chi connectivity index (χ1n) is 11.3. The Balaban J connectivity index is 1.51. The molecule has 3 aliphatic heterocycles.